The second-order valence-electron chi connectivity index (χ2n) is 7.88. The first-order chi connectivity index (χ1) is 15.5. The Balaban J connectivity index is 0.00000141. The number of ether oxygens (including phenoxy) is 1. The van der Waals surface area contributed by atoms with Crippen molar-refractivity contribution in [1.82, 2.24) is 15.0 Å². The van der Waals surface area contributed by atoms with Gasteiger partial charge in [-0.05, 0) is 74.9 Å². The molecule has 0 radical (unpaired) electrons. The van der Waals surface area contributed by atoms with Crippen LogP contribution in [0.15, 0.2) is 41.2 Å². The number of nitrogens with one attached hydrogen (secondary N) is 1. The van der Waals surface area contributed by atoms with Crippen LogP contribution in [0.4, 0.5) is 17.2 Å². The third-order valence-electron chi connectivity index (χ3n) is 5.23. The quantitative estimate of drug-likeness (QED) is 0.532. The highest BCUT2D eigenvalue weighted by Gasteiger charge is 2.21. The van der Waals surface area contributed by atoms with Crippen LogP contribution < -0.4 is 15.8 Å². The Morgan fingerprint density at radius 3 is 2.56 bits per heavy atom. The molecule has 0 saturated heterocycles. The van der Waals surface area contributed by atoms with E-state index in [9.17, 15) is 0 Å². The molecule has 0 unspecified atom stereocenters. The maximum absolute atomic E-state index is 6.23. The molecule has 2 aromatic heterocycles. The summed E-state index contributed by atoms with van der Waals surface area (Å²) in [5, 5.41) is 4.40. The first kappa shape index (κ1) is 24.1. The third-order valence-corrected chi connectivity index (χ3v) is 5.81. The van der Waals surface area contributed by atoms with Gasteiger partial charge in [-0.3, -0.25) is 0 Å². The minimum absolute atomic E-state index is 0.0306. The number of nitrogens with two attached hydrogens (primary N) is 1. The summed E-state index contributed by atoms with van der Waals surface area (Å²) in [6.45, 7) is 6.06. The Kier molecular flexibility index (Phi) is 8.53. The molecule has 3 N–H and O–H groups in total. The molecule has 32 heavy (non-hydrogen) atoms. The zero-order chi connectivity index (χ0) is 23.1. The number of aromatic nitrogens is 3. The fourth-order valence-electron chi connectivity index (χ4n) is 3.80. The zero-order valence-electron chi connectivity index (χ0n) is 19.6. The Bertz CT molecular complexity index is 1080. The van der Waals surface area contributed by atoms with Gasteiger partial charge in [0, 0.05) is 17.6 Å². The van der Waals surface area contributed by atoms with E-state index in [1.807, 2.05) is 32.0 Å². The number of hydrogen-bond donors (Lipinski definition) is 2. The molecule has 8 heteroatoms. The second kappa shape index (κ2) is 11.3. The predicted octanol–water partition coefficient (Wildman–Crippen LogP) is 5.44. The van der Waals surface area contributed by atoms with E-state index in [-0.39, 0.29) is 22.8 Å². The average Bonchev–Trinajstić information content (AvgIpc) is 2.77. The summed E-state index contributed by atoms with van der Waals surface area (Å²) < 4.78 is 10.9. The van der Waals surface area contributed by atoms with Crippen LogP contribution >= 0.6 is 0 Å². The molecule has 1 aliphatic rings. The van der Waals surface area contributed by atoms with E-state index < -0.39 is 0 Å². The molecule has 0 aliphatic heterocycles. The van der Waals surface area contributed by atoms with Crippen molar-refractivity contribution in [3.05, 3.63) is 42.4 Å². The van der Waals surface area contributed by atoms with Gasteiger partial charge in [-0.15, -0.1) is 10.7 Å². The lowest BCUT2D eigenvalue weighted by atomic mass is 9.94. The summed E-state index contributed by atoms with van der Waals surface area (Å²) in [5.41, 5.74) is 9.70. The maximum atomic E-state index is 6.23. The molecule has 7 nitrogen and oxygen atoms in total. The van der Waals surface area contributed by atoms with Gasteiger partial charge in [0.2, 0.25) is 5.88 Å². The topological polar surface area (TPSA) is 98.3 Å². The fourth-order valence-corrected chi connectivity index (χ4v) is 4.33. The highest BCUT2D eigenvalue weighted by molar-refractivity contribution is 7.85. The third kappa shape index (κ3) is 6.01. The molecule has 2 heterocycles. The van der Waals surface area contributed by atoms with Crippen LogP contribution in [0, 0.1) is 6.92 Å². The normalized spacial score (nSPS) is 18.1. The molecule has 0 spiro atoms. The smallest absolute Gasteiger partial charge is 0.238 e. The van der Waals surface area contributed by atoms with Crippen LogP contribution in [-0.4, -0.2) is 39.6 Å². The van der Waals surface area contributed by atoms with E-state index in [1.165, 1.54) is 0 Å². The van der Waals surface area contributed by atoms with Crippen LogP contribution in [0.2, 0.25) is 0 Å². The molecule has 1 aromatic carbocycles. The molecule has 1 fully saturated rings. The van der Waals surface area contributed by atoms with Gasteiger partial charge in [0.15, 0.2) is 0 Å². The number of anilines is 2. The van der Waals surface area contributed by atoms with Gasteiger partial charge in [-0.2, -0.15) is 0 Å². The molecule has 1 saturated carbocycles. The van der Waals surface area contributed by atoms with Gasteiger partial charge in [-0.1, -0.05) is 13.8 Å². The number of fused-ring (bicyclic) bond motifs is 1. The van der Waals surface area contributed by atoms with Crippen molar-refractivity contribution < 1.29 is 4.74 Å². The number of pyridine rings is 1. The van der Waals surface area contributed by atoms with Crippen LogP contribution in [0.3, 0.4) is 0 Å². The molecule has 3 aromatic rings. The van der Waals surface area contributed by atoms with Gasteiger partial charge in [-0.25, -0.2) is 19.3 Å². The van der Waals surface area contributed by atoms with Gasteiger partial charge < -0.3 is 15.8 Å². The molecule has 172 valence electrons. The summed E-state index contributed by atoms with van der Waals surface area (Å²) >= 11 is 0. The van der Waals surface area contributed by atoms with E-state index >= 15 is 0 Å². The van der Waals surface area contributed by atoms with Gasteiger partial charge >= 0.3 is 0 Å². The van der Waals surface area contributed by atoms with E-state index in [1.54, 1.807) is 12.5 Å². The zero-order valence-corrected chi connectivity index (χ0v) is 20.4. The van der Waals surface area contributed by atoms with Crippen LogP contribution in [0.25, 0.3) is 10.9 Å². The molecule has 0 amide bonds. The summed E-state index contributed by atoms with van der Waals surface area (Å²) in [6, 6.07) is 8.23. The lowest BCUT2D eigenvalue weighted by Crippen LogP contribution is -2.31. The van der Waals surface area contributed by atoms with Crippen molar-refractivity contribution in [3.63, 3.8) is 0 Å². The number of aryl methyl sites for hydroxylation is 1. The second-order valence-corrected chi connectivity index (χ2v) is 9.61. The number of nitrogens with zero attached hydrogens (tertiary/aromatic N) is 4. The van der Waals surface area contributed by atoms with Crippen molar-refractivity contribution in [2.45, 2.75) is 58.6 Å². The van der Waals surface area contributed by atoms with E-state index in [0.29, 0.717) is 5.88 Å². The molecule has 0 atom stereocenters. The standard InChI is InChI=1S/C22H28N6OS.C2H6/c1-14-11-16(28-30(2)3)12-19-20(14)21(26-13-25-19)27-18-5-4-10-24-22(18)29-17-8-6-15(23)7-9-17;1-2/h4-5,10-13,15,17H,6-9,23H2,1-3H3,(H,25,26,27);1-2H3. The Morgan fingerprint density at radius 1 is 1.09 bits per heavy atom. The van der Waals surface area contributed by atoms with Crippen molar-refractivity contribution >= 4 is 38.8 Å². The summed E-state index contributed by atoms with van der Waals surface area (Å²) in [6.07, 6.45) is 11.5. The maximum Gasteiger partial charge on any atom is 0.238 e. The summed E-state index contributed by atoms with van der Waals surface area (Å²) in [5.74, 6) is 1.33. The Hall–Kier alpha value is -2.58. The highest BCUT2D eigenvalue weighted by Crippen LogP contribution is 2.33. The average molecular weight is 455 g/mol. The number of benzene rings is 1. The molecular weight excluding hydrogens is 420 g/mol. The summed E-state index contributed by atoms with van der Waals surface area (Å²) in [7, 11) is -0.0306. The number of rotatable bonds is 5. The van der Waals surface area contributed by atoms with E-state index in [4.69, 9.17) is 10.5 Å². The van der Waals surface area contributed by atoms with Crippen LogP contribution in [0.5, 0.6) is 5.88 Å². The van der Waals surface area contributed by atoms with E-state index in [0.717, 1.165) is 59.3 Å². The minimum Gasteiger partial charge on any atom is -0.473 e. The monoisotopic (exact) mass is 454 g/mol. The van der Waals surface area contributed by atoms with Gasteiger partial charge in [0.05, 0.1) is 11.2 Å². The SMILES string of the molecule is CC.Cc1cc(N=S(C)C)cc2ncnc(Nc3cccnc3OC3CCC(N)CC3)c12. The lowest BCUT2D eigenvalue weighted by Gasteiger charge is -2.27. The first-order valence-electron chi connectivity index (χ1n) is 11.2. The predicted molar refractivity (Wildman–Crippen MR) is 135 cm³/mol. The first-order valence-corrected chi connectivity index (χ1v) is 13.2. The summed E-state index contributed by atoms with van der Waals surface area (Å²) in [4.78, 5) is 13.4. The van der Waals surface area contributed by atoms with Crippen molar-refractivity contribution in [1.29, 1.82) is 0 Å². The lowest BCUT2D eigenvalue weighted by molar-refractivity contribution is 0.142. The molecular formula is C24H34N6OS. The Labute approximate surface area is 193 Å². The van der Waals surface area contributed by atoms with Crippen molar-refractivity contribution in [2.75, 3.05) is 17.8 Å². The van der Waals surface area contributed by atoms with Crippen LogP contribution in [0.1, 0.15) is 45.1 Å². The highest BCUT2D eigenvalue weighted by atomic mass is 32.2. The van der Waals surface area contributed by atoms with Crippen LogP contribution in [-0.2, 0) is 10.7 Å². The minimum atomic E-state index is -0.0306. The van der Waals surface area contributed by atoms with Crippen molar-refractivity contribution in [2.24, 2.45) is 10.1 Å². The van der Waals surface area contributed by atoms with Gasteiger partial charge in [0.25, 0.3) is 0 Å². The van der Waals surface area contributed by atoms with Crippen molar-refractivity contribution in [3.8, 4) is 5.88 Å². The Morgan fingerprint density at radius 2 is 1.84 bits per heavy atom. The largest absolute Gasteiger partial charge is 0.473 e. The molecule has 1 aliphatic carbocycles. The van der Waals surface area contributed by atoms with Gasteiger partial charge in [0.1, 0.15) is 23.9 Å². The number of hydrogen-bond acceptors (Lipinski definition) is 7. The molecule has 4 rings (SSSR count). The van der Waals surface area contributed by atoms with E-state index in [2.05, 4.69) is 50.1 Å². The molecule has 0 bridgehead atoms. The fraction of sp³-hybridized carbons (Fsp3) is 0.458.